The van der Waals surface area contributed by atoms with Crippen molar-refractivity contribution < 1.29 is 5.21 Å². The molecule has 0 aliphatic rings. The van der Waals surface area contributed by atoms with Crippen LogP contribution in [0.4, 0.5) is 0 Å². The zero-order valence-electron chi connectivity index (χ0n) is 10.5. The summed E-state index contributed by atoms with van der Waals surface area (Å²) in [6, 6.07) is 0.330. The Bertz CT molecular complexity index is 377. The highest BCUT2D eigenvalue weighted by Gasteiger charge is 2.13. The maximum atomic E-state index is 8.49. The van der Waals surface area contributed by atoms with Gasteiger partial charge < -0.3 is 16.3 Å². The van der Waals surface area contributed by atoms with Crippen molar-refractivity contribution >= 4 is 17.2 Å². The van der Waals surface area contributed by atoms with Crippen LogP contribution < -0.4 is 11.1 Å². The van der Waals surface area contributed by atoms with E-state index in [2.05, 4.69) is 29.3 Å². The van der Waals surface area contributed by atoms with Gasteiger partial charge in [-0.1, -0.05) is 12.1 Å². The van der Waals surface area contributed by atoms with Gasteiger partial charge in [-0.3, -0.25) is 0 Å². The minimum absolute atomic E-state index is 0.148. The molecule has 0 amide bonds. The van der Waals surface area contributed by atoms with Gasteiger partial charge in [-0.2, -0.15) is 0 Å². The topological polar surface area (TPSA) is 83.5 Å². The Labute approximate surface area is 106 Å². The Hall–Kier alpha value is -1.14. The zero-order chi connectivity index (χ0) is 12.8. The normalized spacial score (nSPS) is 15.8. The molecule has 0 radical (unpaired) electrons. The second-order valence-electron chi connectivity index (χ2n) is 4.10. The first-order valence-electron chi connectivity index (χ1n) is 5.73. The fourth-order valence-electron chi connectivity index (χ4n) is 1.60. The largest absolute Gasteiger partial charge is 0.409 e. The van der Waals surface area contributed by atoms with E-state index < -0.39 is 0 Å². The molecule has 17 heavy (non-hydrogen) atoms. The number of amidine groups is 1. The van der Waals surface area contributed by atoms with Crippen molar-refractivity contribution in [1.82, 2.24) is 10.3 Å². The number of hydrogen-bond acceptors (Lipinski definition) is 5. The summed E-state index contributed by atoms with van der Waals surface area (Å²) in [7, 11) is 0. The lowest BCUT2D eigenvalue weighted by atomic mass is 10.2. The molecule has 2 unspecified atom stereocenters. The maximum absolute atomic E-state index is 8.49. The minimum Gasteiger partial charge on any atom is -0.409 e. The van der Waals surface area contributed by atoms with Crippen LogP contribution in [-0.4, -0.2) is 22.1 Å². The molecule has 5 nitrogen and oxygen atoms in total. The van der Waals surface area contributed by atoms with Crippen LogP contribution in [0.25, 0.3) is 0 Å². The number of oxime groups is 1. The Morgan fingerprint density at radius 2 is 2.35 bits per heavy atom. The summed E-state index contributed by atoms with van der Waals surface area (Å²) in [4.78, 5) is 5.67. The highest BCUT2D eigenvalue weighted by atomic mass is 32.1. The van der Waals surface area contributed by atoms with Crippen LogP contribution in [0.2, 0.25) is 0 Å². The molecular weight excluding hydrogens is 236 g/mol. The van der Waals surface area contributed by atoms with E-state index in [9.17, 15) is 0 Å². The quantitative estimate of drug-likeness (QED) is 0.314. The van der Waals surface area contributed by atoms with Crippen LogP contribution in [0.3, 0.4) is 0 Å². The van der Waals surface area contributed by atoms with E-state index in [4.69, 9.17) is 10.9 Å². The van der Waals surface area contributed by atoms with Gasteiger partial charge in [-0.25, -0.2) is 4.98 Å². The smallest absolute Gasteiger partial charge is 0.140 e. The first kappa shape index (κ1) is 13.9. The predicted molar refractivity (Wildman–Crippen MR) is 70.5 cm³/mol. The van der Waals surface area contributed by atoms with Crippen molar-refractivity contribution in [2.45, 2.75) is 45.7 Å². The lowest BCUT2D eigenvalue weighted by Crippen LogP contribution is -2.33. The lowest BCUT2D eigenvalue weighted by molar-refractivity contribution is 0.315. The van der Waals surface area contributed by atoms with Crippen molar-refractivity contribution in [2.75, 3.05) is 0 Å². The van der Waals surface area contributed by atoms with Gasteiger partial charge in [-0.05, 0) is 20.3 Å². The first-order valence-corrected chi connectivity index (χ1v) is 6.55. The molecule has 0 spiro atoms. The molecule has 1 aromatic rings. The van der Waals surface area contributed by atoms with Crippen molar-refractivity contribution in [2.24, 2.45) is 10.9 Å². The van der Waals surface area contributed by atoms with E-state index in [1.165, 1.54) is 4.88 Å². The molecule has 2 atom stereocenters. The van der Waals surface area contributed by atoms with Crippen LogP contribution in [0, 0.1) is 0 Å². The summed E-state index contributed by atoms with van der Waals surface area (Å²) in [5.41, 5.74) is 5.46. The fraction of sp³-hybridized carbons (Fsp3) is 0.636. The zero-order valence-corrected chi connectivity index (χ0v) is 11.3. The highest BCUT2D eigenvalue weighted by molar-refractivity contribution is 7.11. The number of aromatic nitrogens is 1. The average molecular weight is 256 g/mol. The molecule has 1 aromatic heterocycles. The summed E-state index contributed by atoms with van der Waals surface area (Å²) in [5.74, 6) is 0.241. The molecule has 96 valence electrons. The van der Waals surface area contributed by atoms with Crippen LogP contribution in [0.15, 0.2) is 11.4 Å². The molecule has 6 heteroatoms. The van der Waals surface area contributed by atoms with Gasteiger partial charge >= 0.3 is 0 Å². The summed E-state index contributed by atoms with van der Waals surface area (Å²) in [6.45, 7) is 6.19. The third-order valence-corrected chi connectivity index (χ3v) is 3.79. The third-order valence-electron chi connectivity index (χ3n) is 2.47. The molecule has 1 heterocycles. The molecule has 1 rings (SSSR count). The van der Waals surface area contributed by atoms with Gasteiger partial charge in [0.05, 0.1) is 6.04 Å². The monoisotopic (exact) mass is 256 g/mol. The fourth-order valence-corrected chi connectivity index (χ4v) is 2.47. The second kappa shape index (κ2) is 6.56. The highest BCUT2D eigenvalue weighted by Crippen LogP contribution is 2.20. The maximum Gasteiger partial charge on any atom is 0.140 e. The third kappa shape index (κ3) is 4.32. The van der Waals surface area contributed by atoms with Crippen LogP contribution in [-0.2, 0) is 6.42 Å². The van der Waals surface area contributed by atoms with Crippen LogP contribution in [0.1, 0.15) is 43.1 Å². The summed E-state index contributed by atoms with van der Waals surface area (Å²) in [6.07, 6.45) is 3.46. The van der Waals surface area contributed by atoms with Gasteiger partial charge in [-0.15, -0.1) is 11.3 Å². The summed E-state index contributed by atoms with van der Waals surface area (Å²) in [5, 5.41) is 15.9. The van der Waals surface area contributed by atoms with E-state index >= 15 is 0 Å². The Morgan fingerprint density at radius 1 is 1.65 bits per heavy atom. The van der Waals surface area contributed by atoms with E-state index in [1.807, 2.05) is 13.1 Å². The van der Waals surface area contributed by atoms with Crippen molar-refractivity contribution in [3.8, 4) is 0 Å². The summed E-state index contributed by atoms with van der Waals surface area (Å²) >= 11 is 1.72. The minimum atomic E-state index is 0.148. The van der Waals surface area contributed by atoms with Gasteiger partial charge in [0.1, 0.15) is 10.8 Å². The molecule has 0 aliphatic heterocycles. The van der Waals surface area contributed by atoms with Gasteiger partial charge in [0, 0.05) is 23.5 Å². The van der Waals surface area contributed by atoms with E-state index in [1.54, 1.807) is 11.3 Å². The predicted octanol–water partition coefficient (Wildman–Crippen LogP) is 1.88. The second-order valence-corrected chi connectivity index (χ2v) is 5.25. The number of hydrogen-bond donors (Lipinski definition) is 3. The van der Waals surface area contributed by atoms with Crippen molar-refractivity contribution in [3.63, 3.8) is 0 Å². The van der Waals surface area contributed by atoms with Crippen LogP contribution >= 0.6 is 11.3 Å². The average Bonchev–Trinajstić information content (AvgIpc) is 2.77. The molecular formula is C11H20N4OS. The Balaban J connectivity index is 2.50. The first-order chi connectivity index (χ1) is 8.06. The molecule has 4 N–H and O–H groups in total. The SMILES string of the molecule is CCc1cnc(C(C)NC(C)CC(N)=NO)s1. The van der Waals surface area contributed by atoms with Crippen molar-refractivity contribution in [3.05, 3.63) is 16.1 Å². The standard InChI is InChI=1S/C11H20N4OS/c1-4-9-6-13-11(17-9)8(3)14-7(2)5-10(12)15-16/h6-8,14,16H,4-5H2,1-3H3,(H2,12,15). The van der Waals surface area contributed by atoms with Gasteiger partial charge in [0.25, 0.3) is 0 Å². The van der Waals surface area contributed by atoms with E-state index in [-0.39, 0.29) is 17.9 Å². The lowest BCUT2D eigenvalue weighted by Gasteiger charge is -2.17. The Morgan fingerprint density at radius 3 is 2.88 bits per heavy atom. The summed E-state index contributed by atoms with van der Waals surface area (Å²) < 4.78 is 0. The van der Waals surface area contributed by atoms with Gasteiger partial charge in [0.15, 0.2) is 0 Å². The molecule has 0 aliphatic carbocycles. The molecule has 0 aromatic carbocycles. The number of nitrogens with zero attached hydrogens (tertiary/aromatic N) is 2. The number of nitrogens with one attached hydrogen (secondary N) is 1. The van der Waals surface area contributed by atoms with Crippen molar-refractivity contribution in [1.29, 1.82) is 0 Å². The number of thiazole rings is 1. The molecule has 0 saturated heterocycles. The Kier molecular flexibility index (Phi) is 5.37. The molecule has 0 bridgehead atoms. The van der Waals surface area contributed by atoms with E-state index in [0.717, 1.165) is 11.4 Å². The molecule has 0 saturated carbocycles. The number of aryl methyl sites for hydroxylation is 1. The number of rotatable bonds is 6. The van der Waals surface area contributed by atoms with Gasteiger partial charge in [0.2, 0.25) is 0 Å². The molecule has 0 fully saturated rings. The van der Waals surface area contributed by atoms with Crippen LogP contribution in [0.5, 0.6) is 0 Å². The number of nitrogens with two attached hydrogens (primary N) is 1. The van der Waals surface area contributed by atoms with E-state index in [0.29, 0.717) is 6.42 Å².